The first-order chi connectivity index (χ1) is 7.49. The summed E-state index contributed by atoms with van der Waals surface area (Å²) in [4.78, 5) is 11.7. The van der Waals surface area contributed by atoms with Gasteiger partial charge in [-0.15, -0.1) is 0 Å². The lowest BCUT2D eigenvalue weighted by Gasteiger charge is -2.08. The average Bonchev–Trinajstić information content (AvgIpc) is 2.20. The van der Waals surface area contributed by atoms with Gasteiger partial charge in [-0.25, -0.2) is 0 Å². The molecule has 3 nitrogen and oxygen atoms in total. The number of thioether (sulfide) groups is 1. The van der Waals surface area contributed by atoms with Gasteiger partial charge in [0, 0.05) is 10.6 Å². The van der Waals surface area contributed by atoms with Crippen LogP contribution in [0.2, 0.25) is 0 Å². The number of carbonyl (C=O) groups is 1. The highest BCUT2D eigenvalue weighted by molar-refractivity contribution is 7.99. The SMILES string of the molecule is C[C@H](N)C(=O)Nc1ccc(SC(F)F)cc1. The van der Waals surface area contributed by atoms with Gasteiger partial charge < -0.3 is 11.1 Å². The van der Waals surface area contributed by atoms with Gasteiger partial charge >= 0.3 is 0 Å². The molecule has 6 heteroatoms. The van der Waals surface area contributed by atoms with Crippen LogP contribution in [0.4, 0.5) is 14.5 Å². The van der Waals surface area contributed by atoms with E-state index < -0.39 is 11.8 Å². The Morgan fingerprint density at radius 3 is 2.38 bits per heavy atom. The van der Waals surface area contributed by atoms with Gasteiger partial charge in [-0.1, -0.05) is 11.8 Å². The summed E-state index contributed by atoms with van der Waals surface area (Å²) in [6, 6.07) is 5.56. The Bertz CT molecular complexity index is 354. The number of hydrogen-bond acceptors (Lipinski definition) is 3. The summed E-state index contributed by atoms with van der Waals surface area (Å²) in [6.07, 6.45) is 0. The largest absolute Gasteiger partial charge is 0.325 e. The molecule has 1 atom stereocenters. The number of alkyl halides is 2. The van der Waals surface area contributed by atoms with E-state index in [2.05, 4.69) is 5.32 Å². The third-order valence-electron chi connectivity index (χ3n) is 1.76. The molecule has 0 unspecified atom stereocenters. The summed E-state index contributed by atoms with van der Waals surface area (Å²) in [5.74, 6) is -2.75. The zero-order chi connectivity index (χ0) is 12.1. The monoisotopic (exact) mass is 246 g/mol. The summed E-state index contributed by atoms with van der Waals surface area (Å²) in [5, 5.41) is 2.56. The molecule has 0 aliphatic heterocycles. The summed E-state index contributed by atoms with van der Waals surface area (Å²) >= 11 is 0.462. The molecule has 0 saturated carbocycles. The number of hydrogen-bond donors (Lipinski definition) is 2. The summed E-state index contributed by atoms with van der Waals surface area (Å²) in [5.41, 5.74) is 5.91. The Balaban J connectivity index is 2.61. The number of benzene rings is 1. The van der Waals surface area contributed by atoms with Crippen molar-refractivity contribution in [1.82, 2.24) is 0 Å². The number of nitrogens with one attached hydrogen (secondary N) is 1. The lowest BCUT2D eigenvalue weighted by Crippen LogP contribution is -2.32. The van der Waals surface area contributed by atoms with Crippen molar-refractivity contribution in [3.05, 3.63) is 24.3 Å². The molecule has 0 heterocycles. The molecule has 0 bridgehead atoms. The highest BCUT2D eigenvalue weighted by Gasteiger charge is 2.08. The molecular weight excluding hydrogens is 234 g/mol. The van der Waals surface area contributed by atoms with Crippen molar-refractivity contribution in [1.29, 1.82) is 0 Å². The van der Waals surface area contributed by atoms with E-state index in [4.69, 9.17) is 5.73 Å². The maximum atomic E-state index is 12.0. The minimum absolute atomic E-state index is 0.311. The Kier molecular flexibility index (Phi) is 4.70. The van der Waals surface area contributed by atoms with Gasteiger partial charge in [0.2, 0.25) is 5.91 Å². The zero-order valence-corrected chi connectivity index (χ0v) is 9.43. The minimum Gasteiger partial charge on any atom is -0.325 e. The summed E-state index contributed by atoms with van der Waals surface area (Å²) in [7, 11) is 0. The molecule has 0 aromatic heterocycles. The van der Waals surface area contributed by atoms with E-state index in [1.165, 1.54) is 12.1 Å². The number of amides is 1. The number of carbonyl (C=O) groups excluding carboxylic acids is 1. The first-order valence-corrected chi connectivity index (χ1v) is 5.48. The quantitative estimate of drug-likeness (QED) is 0.801. The van der Waals surface area contributed by atoms with E-state index in [1.807, 2.05) is 0 Å². The van der Waals surface area contributed by atoms with E-state index in [1.54, 1.807) is 19.1 Å². The van der Waals surface area contributed by atoms with Gasteiger partial charge in [0.05, 0.1) is 6.04 Å². The van der Waals surface area contributed by atoms with Crippen molar-refractivity contribution in [2.45, 2.75) is 23.6 Å². The fourth-order valence-electron chi connectivity index (χ4n) is 0.976. The Labute approximate surface area is 96.4 Å². The molecule has 0 fully saturated rings. The molecule has 0 aliphatic rings. The normalized spacial score (nSPS) is 12.6. The van der Waals surface area contributed by atoms with Crippen LogP contribution in [0, 0.1) is 0 Å². The molecule has 0 radical (unpaired) electrons. The smallest absolute Gasteiger partial charge is 0.288 e. The topological polar surface area (TPSA) is 55.1 Å². The summed E-state index contributed by atoms with van der Waals surface area (Å²) in [6.45, 7) is 1.57. The molecular formula is C10H12F2N2OS. The molecule has 88 valence electrons. The maximum absolute atomic E-state index is 12.0. The Hall–Kier alpha value is -1.14. The fraction of sp³-hybridized carbons (Fsp3) is 0.300. The van der Waals surface area contributed by atoms with Gasteiger partial charge in [0.25, 0.3) is 5.76 Å². The van der Waals surface area contributed by atoms with Crippen LogP contribution in [0.1, 0.15) is 6.92 Å². The highest BCUT2D eigenvalue weighted by atomic mass is 32.2. The fourth-order valence-corrected chi connectivity index (χ4v) is 1.47. The average molecular weight is 246 g/mol. The van der Waals surface area contributed by atoms with Crippen molar-refractivity contribution in [3.8, 4) is 0 Å². The molecule has 0 spiro atoms. The van der Waals surface area contributed by atoms with Crippen molar-refractivity contribution in [2.24, 2.45) is 5.73 Å². The maximum Gasteiger partial charge on any atom is 0.288 e. The number of halogens is 2. The highest BCUT2D eigenvalue weighted by Crippen LogP contribution is 2.26. The first-order valence-electron chi connectivity index (χ1n) is 4.60. The van der Waals surface area contributed by atoms with E-state index in [0.29, 0.717) is 22.3 Å². The molecule has 3 N–H and O–H groups in total. The van der Waals surface area contributed by atoms with E-state index in [0.717, 1.165) is 0 Å². The number of nitrogens with two attached hydrogens (primary N) is 1. The minimum atomic E-state index is -2.44. The van der Waals surface area contributed by atoms with Crippen LogP contribution in [-0.2, 0) is 4.79 Å². The van der Waals surface area contributed by atoms with Gasteiger partial charge in [0.1, 0.15) is 0 Å². The predicted molar refractivity (Wildman–Crippen MR) is 60.6 cm³/mol. The number of rotatable bonds is 4. The van der Waals surface area contributed by atoms with E-state index in [-0.39, 0.29) is 5.91 Å². The molecule has 1 amide bonds. The van der Waals surface area contributed by atoms with Crippen LogP contribution in [0.25, 0.3) is 0 Å². The van der Waals surface area contributed by atoms with Crippen molar-refractivity contribution >= 4 is 23.4 Å². The lowest BCUT2D eigenvalue weighted by atomic mass is 10.3. The molecule has 1 aromatic rings. The first kappa shape index (κ1) is 12.9. The van der Waals surface area contributed by atoms with Crippen LogP contribution < -0.4 is 11.1 Å². The third-order valence-corrected chi connectivity index (χ3v) is 2.48. The third kappa shape index (κ3) is 4.16. The zero-order valence-electron chi connectivity index (χ0n) is 8.61. The molecule has 1 aromatic carbocycles. The standard InChI is InChI=1S/C10H12F2N2OS/c1-6(13)9(15)14-7-2-4-8(5-3-7)16-10(11)12/h2-6,10H,13H2,1H3,(H,14,15)/t6-/m0/s1. The van der Waals surface area contributed by atoms with E-state index >= 15 is 0 Å². The predicted octanol–water partition coefficient (Wildman–Crippen LogP) is 2.29. The molecule has 0 saturated heterocycles. The van der Waals surface area contributed by atoms with Crippen molar-refractivity contribution in [2.75, 3.05) is 5.32 Å². The molecule has 1 rings (SSSR count). The van der Waals surface area contributed by atoms with Crippen LogP contribution in [0.15, 0.2) is 29.2 Å². The van der Waals surface area contributed by atoms with Crippen molar-refractivity contribution < 1.29 is 13.6 Å². The van der Waals surface area contributed by atoms with Gasteiger partial charge in [-0.2, -0.15) is 8.78 Å². The second-order valence-corrected chi connectivity index (χ2v) is 4.24. The van der Waals surface area contributed by atoms with Gasteiger partial charge in [0.15, 0.2) is 0 Å². The summed E-state index contributed by atoms with van der Waals surface area (Å²) < 4.78 is 24.0. The van der Waals surface area contributed by atoms with Crippen LogP contribution in [-0.4, -0.2) is 17.7 Å². The molecule has 0 aliphatic carbocycles. The van der Waals surface area contributed by atoms with Crippen LogP contribution in [0.3, 0.4) is 0 Å². The lowest BCUT2D eigenvalue weighted by molar-refractivity contribution is -0.117. The van der Waals surface area contributed by atoms with Crippen LogP contribution >= 0.6 is 11.8 Å². The van der Waals surface area contributed by atoms with Gasteiger partial charge in [-0.3, -0.25) is 4.79 Å². The molecule has 16 heavy (non-hydrogen) atoms. The second-order valence-electron chi connectivity index (χ2n) is 3.18. The van der Waals surface area contributed by atoms with Gasteiger partial charge in [-0.05, 0) is 31.2 Å². The Morgan fingerprint density at radius 2 is 1.94 bits per heavy atom. The van der Waals surface area contributed by atoms with Crippen molar-refractivity contribution in [3.63, 3.8) is 0 Å². The Morgan fingerprint density at radius 1 is 1.38 bits per heavy atom. The van der Waals surface area contributed by atoms with E-state index in [9.17, 15) is 13.6 Å². The van der Waals surface area contributed by atoms with Crippen LogP contribution in [0.5, 0.6) is 0 Å². The second kappa shape index (κ2) is 5.81. The number of anilines is 1.